The van der Waals surface area contributed by atoms with Gasteiger partial charge in [0.05, 0.1) is 5.69 Å². The normalized spacial score (nSPS) is 16.3. The number of thiophene rings is 1. The van der Waals surface area contributed by atoms with Crippen molar-refractivity contribution in [2.45, 2.75) is 29.8 Å². The Morgan fingerprint density at radius 2 is 1.82 bits per heavy atom. The number of esters is 1. The number of carbonyl (C=O) groups excluding carboxylic acids is 1. The number of hydrogen-bond acceptors (Lipinski definition) is 6. The lowest BCUT2D eigenvalue weighted by Crippen LogP contribution is -2.49. The molecule has 0 spiro atoms. The van der Waals surface area contributed by atoms with E-state index >= 15 is 0 Å². The Kier molecular flexibility index (Phi) is 5.84. The van der Waals surface area contributed by atoms with E-state index in [0.29, 0.717) is 0 Å². The summed E-state index contributed by atoms with van der Waals surface area (Å²) in [5, 5.41) is 5.91. The van der Waals surface area contributed by atoms with Crippen molar-refractivity contribution in [1.82, 2.24) is 14.1 Å². The van der Waals surface area contributed by atoms with E-state index in [1.54, 1.807) is 28.4 Å². The minimum atomic E-state index is -3.83. The van der Waals surface area contributed by atoms with Crippen LogP contribution in [0.15, 0.2) is 88.7 Å². The number of nitrogens with zero attached hydrogens (tertiary/aromatic N) is 3. The van der Waals surface area contributed by atoms with Crippen LogP contribution in [0.25, 0.3) is 5.69 Å². The lowest BCUT2D eigenvalue weighted by atomic mass is 9.96. The van der Waals surface area contributed by atoms with E-state index in [1.807, 2.05) is 60.8 Å². The highest BCUT2D eigenvalue weighted by atomic mass is 32.2. The number of aromatic nitrogens is 2. The molecule has 0 unspecified atom stereocenters. The summed E-state index contributed by atoms with van der Waals surface area (Å²) in [6, 6.07) is 19.3. The molecule has 2 aromatic carbocycles. The Morgan fingerprint density at radius 3 is 2.52 bits per heavy atom. The van der Waals surface area contributed by atoms with Crippen LogP contribution in [0.2, 0.25) is 0 Å². The Balaban J connectivity index is 1.35. The minimum Gasteiger partial charge on any atom is -0.460 e. The summed E-state index contributed by atoms with van der Waals surface area (Å²) in [4.78, 5) is 13.1. The maximum atomic E-state index is 13.3. The Morgan fingerprint density at radius 1 is 1.03 bits per heavy atom. The van der Waals surface area contributed by atoms with Crippen LogP contribution in [0.5, 0.6) is 0 Å². The summed E-state index contributed by atoms with van der Waals surface area (Å²) in [5.74, 6) is -0.555. The van der Waals surface area contributed by atoms with Gasteiger partial charge >= 0.3 is 5.97 Å². The van der Waals surface area contributed by atoms with E-state index in [1.165, 1.54) is 4.31 Å². The summed E-state index contributed by atoms with van der Waals surface area (Å²) < 4.78 is 35.5. The van der Waals surface area contributed by atoms with Gasteiger partial charge in [0.25, 0.3) is 10.0 Å². The van der Waals surface area contributed by atoms with E-state index in [0.717, 1.165) is 33.7 Å². The second-order valence-electron chi connectivity index (χ2n) is 7.70. The molecule has 1 atom stereocenters. The molecule has 33 heavy (non-hydrogen) atoms. The monoisotopic (exact) mass is 479 g/mol. The van der Waals surface area contributed by atoms with Gasteiger partial charge in [-0.15, -0.1) is 11.3 Å². The molecule has 168 valence electrons. The van der Waals surface area contributed by atoms with E-state index < -0.39 is 22.0 Å². The highest BCUT2D eigenvalue weighted by Gasteiger charge is 2.40. The maximum Gasteiger partial charge on any atom is 0.325 e. The van der Waals surface area contributed by atoms with Crippen LogP contribution < -0.4 is 0 Å². The van der Waals surface area contributed by atoms with Crippen molar-refractivity contribution >= 4 is 27.3 Å². The predicted molar refractivity (Wildman–Crippen MR) is 124 cm³/mol. The average Bonchev–Trinajstić information content (AvgIpc) is 3.57. The van der Waals surface area contributed by atoms with Crippen molar-refractivity contribution in [3.8, 4) is 5.69 Å². The van der Waals surface area contributed by atoms with Crippen molar-refractivity contribution < 1.29 is 17.9 Å². The van der Waals surface area contributed by atoms with E-state index in [-0.39, 0.29) is 23.8 Å². The third-order valence-electron chi connectivity index (χ3n) is 5.62. The molecule has 1 aliphatic heterocycles. The molecule has 0 bridgehead atoms. The van der Waals surface area contributed by atoms with Gasteiger partial charge in [0.2, 0.25) is 0 Å². The van der Waals surface area contributed by atoms with E-state index in [2.05, 4.69) is 5.10 Å². The standard InChI is InChI=1S/C24H21N3O4S2/c28-24(31-17-18-8-10-21(11-9-18)26-13-4-12-25-26)22-15-19-5-1-2-6-20(19)16-27(22)33(29,30)23-7-3-14-32-23/h1-14,22H,15-17H2/t22-/m0/s1. The van der Waals surface area contributed by atoms with Crippen LogP contribution in [0.4, 0.5) is 0 Å². The van der Waals surface area contributed by atoms with Crippen LogP contribution in [-0.4, -0.2) is 34.5 Å². The SMILES string of the molecule is O=C(OCc1ccc(-n2cccn2)cc1)[C@@H]1Cc2ccccc2CN1S(=O)(=O)c1cccs1. The number of benzene rings is 2. The second kappa shape index (κ2) is 8.93. The molecule has 0 saturated heterocycles. The quantitative estimate of drug-likeness (QED) is 0.393. The maximum absolute atomic E-state index is 13.3. The van der Waals surface area contributed by atoms with Crippen molar-refractivity contribution in [2.75, 3.05) is 0 Å². The van der Waals surface area contributed by atoms with Crippen molar-refractivity contribution in [3.63, 3.8) is 0 Å². The number of ether oxygens (including phenoxy) is 1. The molecule has 1 aliphatic rings. The number of fused-ring (bicyclic) bond motifs is 1. The van der Waals surface area contributed by atoms with Gasteiger partial charge in [0.1, 0.15) is 16.9 Å². The second-order valence-corrected chi connectivity index (χ2v) is 10.8. The van der Waals surface area contributed by atoms with Crippen LogP contribution >= 0.6 is 11.3 Å². The summed E-state index contributed by atoms with van der Waals surface area (Å²) >= 11 is 1.14. The minimum absolute atomic E-state index is 0.0588. The predicted octanol–water partition coefficient (Wildman–Crippen LogP) is 3.79. The number of sulfonamides is 1. The smallest absolute Gasteiger partial charge is 0.325 e. The highest BCUT2D eigenvalue weighted by Crippen LogP contribution is 2.31. The van der Waals surface area contributed by atoms with Gasteiger partial charge in [0.15, 0.2) is 0 Å². The fourth-order valence-corrected chi connectivity index (χ4v) is 6.57. The number of hydrogen-bond donors (Lipinski definition) is 0. The Bertz CT molecular complexity index is 1350. The Hall–Kier alpha value is -3.27. The zero-order chi connectivity index (χ0) is 22.8. The largest absolute Gasteiger partial charge is 0.460 e. The van der Waals surface area contributed by atoms with Crippen LogP contribution in [0.1, 0.15) is 16.7 Å². The third-order valence-corrected chi connectivity index (χ3v) is 8.85. The molecule has 5 rings (SSSR count). The first-order valence-electron chi connectivity index (χ1n) is 10.4. The van der Waals surface area contributed by atoms with Crippen molar-refractivity contribution in [2.24, 2.45) is 0 Å². The molecule has 0 amide bonds. The molecule has 0 N–H and O–H groups in total. The van der Waals surface area contributed by atoms with Gasteiger partial charge in [-0.3, -0.25) is 4.79 Å². The van der Waals surface area contributed by atoms with E-state index in [9.17, 15) is 13.2 Å². The third kappa shape index (κ3) is 4.35. The molecule has 0 fully saturated rings. The first-order valence-corrected chi connectivity index (χ1v) is 12.7. The van der Waals surface area contributed by atoms with Gasteiger partial charge in [-0.25, -0.2) is 13.1 Å². The van der Waals surface area contributed by atoms with E-state index in [4.69, 9.17) is 4.74 Å². The first kappa shape index (κ1) is 21.6. The highest BCUT2D eigenvalue weighted by molar-refractivity contribution is 7.91. The van der Waals surface area contributed by atoms with Gasteiger partial charge in [0, 0.05) is 25.4 Å². The topological polar surface area (TPSA) is 81.5 Å². The molecule has 0 aliphatic carbocycles. The lowest BCUT2D eigenvalue weighted by molar-refractivity contribution is -0.150. The molecule has 2 aromatic heterocycles. The average molecular weight is 480 g/mol. The molecule has 7 nitrogen and oxygen atoms in total. The summed E-state index contributed by atoms with van der Waals surface area (Å²) in [5.41, 5.74) is 3.56. The zero-order valence-electron chi connectivity index (χ0n) is 17.6. The van der Waals surface area contributed by atoms with Crippen LogP contribution in [-0.2, 0) is 39.1 Å². The molecular weight excluding hydrogens is 458 g/mol. The lowest BCUT2D eigenvalue weighted by Gasteiger charge is -2.34. The number of rotatable bonds is 6. The summed E-state index contributed by atoms with van der Waals surface area (Å²) in [7, 11) is -3.83. The molecule has 4 aromatic rings. The summed E-state index contributed by atoms with van der Waals surface area (Å²) in [6.45, 7) is 0.192. The van der Waals surface area contributed by atoms with Crippen LogP contribution in [0, 0.1) is 0 Å². The van der Waals surface area contributed by atoms with Gasteiger partial charge in [-0.1, -0.05) is 42.5 Å². The van der Waals surface area contributed by atoms with Crippen molar-refractivity contribution in [3.05, 3.63) is 101 Å². The van der Waals surface area contributed by atoms with Gasteiger partial charge in [-0.05, 0) is 46.3 Å². The molecule has 3 heterocycles. The molecule has 9 heteroatoms. The zero-order valence-corrected chi connectivity index (χ0v) is 19.2. The molecular formula is C24H21N3O4S2. The van der Waals surface area contributed by atoms with Crippen molar-refractivity contribution in [1.29, 1.82) is 0 Å². The fourth-order valence-electron chi connectivity index (χ4n) is 3.90. The molecule has 0 radical (unpaired) electrons. The van der Waals surface area contributed by atoms with Gasteiger partial charge < -0.3 is 4.74 Å². The summed E-state index contributed by atoms with van der Waals surface area (Å²) in [6.07, 6.45) is 3.82. The first-order chi connectivity index (χ1) is 16.0. The van der Waals surface area contributed by atoms with Crippen LogP contribution in [0.3, 0.4) is 0 Å². The Labute approximate surface area is 195 Å². The molecule has 0 saturated carbocycles. The van der Waals surface area contributed by atoms with Gasteiger partial charge in [-0.2, -0.15) is 9.40 Å². The fraction of sp³-hybridized carbons (Fsp3) is 0.167. The number of carbonyl (C=O) groups is 1.